The molecule has 4 rings (SSSR count). The van der Waals surface area contributed by atoms with E-state index in [0.717, 1.165) is 28.0 Å². The molecule has 3 heterocycles. The molecule has 0 saturated heterocycles. The lowest BCUT2D eigenvalue weighted by atomic mass is 10.1. The topological polar surface area (TPSA) is 61.9 Å². The van der Waals surface area contributed by atoms with Crippen LogP contribution in [-0.2, 0) is 7.05 Å². The molecule has 0 aliphatic heterocycles. The van der Waals surface area contributed by atoms with Crippen LogP contribution >= 0.6 is 0 Å². The molecule has 6 heteroatoms. The second kappa shape index (κ2) is 5.19. The maximum absolute atomic E-state index is 13.2. The summed E-state index contributed by atoms with van der Waals surface area (Å²) in [4.78, 5) is 21.7. The molecule has 0 radical (unpaired) electrons. The largest absolute Gasteiger partial charge is 0.497 e. The van der Waals surface area contributed by atoms with E-state index in [1.807, 2.05) is 49.0 Å². The number of nitrogens with zero attached hydrogens (tertiary/aromatic N) is 4. The molecule has 0 atom stereocenters. The zero-order valence-electron chi connectivity index (χ0n) is 13.6. The first kappa shape index (κ1) is 14.4. The van der Waals surface area contributed by atoms with Crippen LogP contribution in [0.3, 0.4) is 0 Å². The van der Waals surface area contributed by atoms with E-state index in [-0.39, 0.29) is 5.56 Å². The molecule has 4 aromatic rings. The van der Waals surface area contributed by atoms with Gasteiger partial charge in [-0.1, -0.05) is 0 Å². The third-order valence-electron chi connectivity index (χ3n) is 4.42. The third-order valence-corrected chi connectivity index (χ3v) is 4.42. The van der Waals surface area contributed by atoms with Crippen LogP contribution in [0.2, 0.25) is 0 Å². The zero-order valence-corrected chi connectivity index (χ0v) is 13.6. The molecule has 0 N–H and O–H groups in total. The molecule has 0 fully saturated rings. The van der Waals surface area contributed by atoms with Crippen molar-refractivity contribution in [2.24, 2.45) is 7.05 Å². The first-order chi connectivity index (χ1) is 11.6. The van der Waals surface area contributed by atoms with Gasteiger partial charge in [-0.15, -0.1) is 0 Å². The van der Waals surface area contributed by atoms with E-state index < -0.39 is 0 Å². The van der Waals surface area contributed by atoms with Crippen LogP contribution in [0.4, 0.5) is 0 Å². The standard InChI is InChI=1S/C18H16N4O2/c1-11-16-14(9-21(11)2)17-15(8-19-10-20-17)22(18(16)23)12-4-6-13(24-3)7-5-12/h4-10H,1-3H3. The third kappa shape index (κ3) is 1.93. The van der Waals surface area contributed by atoms with Crippen molar-refractivity contribution >= 4 is 21.8 Å². The number of hydrogen-bond acceptors (Lipinski definition) is 4. The number of aromatic nitrogens is 4. The molecule has 6 nitrogen and oxygen atoms in total. The van der Waals surface area contributed by atoms with Gasteiger partial charge in [-0.25, -0.2) is 9.97 Å². The second-order valence-corrected chi connectivity index (χ2v) is 5.71. The minimum Gasteiger partial charge on any atom is -0.497 e. The number of benzene rings is 1. The number of fused-ring (bicyclic) bond motifs is 3. The molecule has 0 bridgehead atoms. The summed E-state index contributed by atoms with van der Waals surface area (Å²) < 4.78 is 8.81. The minimum atomic E-state index is -0.0735. The van der Waals surface area contributed by atoms with Crippen LogP contribution in [0.25, 0.3) is 27.5 Å². The smallest absolute Gasteiger partial charge is 0.265 e. The fraction of sp³-hybridized carbons (Fsp3) is 0.167. The molecule has 120 valence electrons. The molecule has 0 amide bonds. The fourth-order valence-corrected chi connectivity index (χ4v) is 3.08. The Labute approximate surface area is 138 Å². The highest BCUT2D eigenvalue weighted by molar-refractivity contribution is 6.04. The molecule has 0 spiro atoms. The summed E-state index contributed by atoms with van der Waals surface area (Å²) in [5, 5.41) is 1.53. The number of hydrogen-bond donors (Lipinski definition) is 0. The van der Waals surface area contributed by atoms with E-state index >= 15 is 0 Å². The normalized spacial score (nSPS) is 11.3. The SMILES string of the molecule is COc1ccc(-n2c(=O)c3c(C)n(C)cc3c3ncncc32)cc1. The maximum atomic E-state index is 13.2. The number of aryl methyl sites for hydroxylation is 2. The summed E-state index contributed by atoms with van der Waals surface area (Å²) in [7, 11) is 3.54. The van der Waals surface area contributed by atoms with Crippen molar-refractivity contribution in [3.8, 4) is 11.4 Å². The molecule has 0 unspecified atom stereocenters. The van der Waals surface area contributed by atoms with E-state index in [9.17, 15) is 4.79 Å². The monoisotopic (exact) mass is 320 g/mol. The van der Waals surface area contributed by atoms with Crippen molar-refractivity contribution in [1.82, 2.24) is 19.1 Å². The lowest BCUT2D eigenvalue weighted by molar-refractivity contribution is 0.415. The number of ether oxygens (including phenoxy) is 1. The minimum absolute atomic E-state index is 0.0735. The van der Waals surface area contributed by atoms with Gasteiger partial charge in [-0.2, -0.15) is 0 Å². The van der Waals surface area contributed by atoms with Gasteiger partial charge in [0.25, 0.3) is 5.56 Å². The number of methoxy groups -OCH3 is 1. The van der Waals surface area contributed by atoms with E-state index in [0.29, 0.717) is 10.9 Å². The summed E-state index contributed by atoms with van der Waals surface area (Å²) in [5.41, 5.74) is 3.05. The van der Waals surface area contributed by atoms with Gasteiger partial charge >= 0.3 is 0 Å². The van der Waals surface area contributed by atoms with E-state index in [2.05, 4.69) is 9.97 Å². The van der Waals surface area contributed by atoms with Crippen molar-refractivity contribution in [3.63, 3.8) is 0 Å². The molecule has 0 aliphatic rings. The van der Waals surface area contributed by atoms with Gasteiger partial charge in [0.05, 0.1) is 24.2 Å². The fourth-order valence-electron chi connectivity index (χ4n) is 3.08. The van der Waals surface area contributed by atoms with Gasteiger partial charge < -0.3 is 9.30 Å². The zero-order chi connectivity index (χ0) is 16.8. The average molecular weight is 320 g/mol. The lowest BCUT2D eigenvalue weighted by Crippen LogP contribution is -2.19. The highest BCUT2D eigenvalue weighted by Crippen LogP contribution is 2.26. The summed E-state index contributed by atoms with van der Waals surface area (Å²) >= 11 is 0. The van der Waals surface area contributed by atoms with Gasteiger partial charge in [0.15, 0.2) is 0 Å². The van der Waals surface area contributed by atoms with Crippen molar-refractivity contribution in [3.05, 3.63) is 59.0 Å². The highest BCUT2D eigenvalue weighted by Gasteiger charge is 2.17. The van der Waals surface area contributed by atoms with Crippen LogP contribution < -0.4 is 10.3 Å². The summed E-state index contributed by atoms with van der Waals surface area (Å²) in [6, 6.07) is 7.38. The van der Waals surface area contributed by atoms with E-state index in [1.54, 1.807) is 17.9 Å². The Morgan fingerprint density at radius 1 is 1.17 bits per heavy atom. The Morgan fingerprint density at radius 2 is 1.92 bits per heavy atom. The molecule has 0 saturated carbocycles. The molecule has 1 aromatic carbocycles. The van der Waals surface area contributed by atoms with Crippen LogP contribution in [0, 0.1) is 6.92 Å². The quantitative estimate of drug-likeness (QED) is 0.569. The van der Waals surface area contributed by atoms with Gasteiger partial charge in [-0.3, -0.25) is 9.36 Å². The average Bonchev–Trinajstić information content (AvgIpc) is 2.91. The predicted molar refractivity (Wildman–Crippen MR) is 92.9 cm³/mol. The first-order valence-corrected chi connectivity index (χ1v) is 7.56. The van der Waals surface area contributed by atoms with Gasteiger partial charge in [0.2, 0.25) is 0 Å². The van der Waals surface area contributed by atoms with Crippen LogP contribution in [-0.4, -0.2) is 26.2 Å². The molecule has 24 heavy (non-hydrogen) atoms. The Hall–Kier alpha value is -3.15. The number of rotatable bonds is 2. The number of pyridine rings is 1. The molecule has 3 aromatic heterocycles. The summed E-state index contributed by atoms with van der Waals surface area (Å²) in [6.45, 7) is 1.94. The maximum Gasteiger partial charge on any atom is 0.265 e. The van der Waals surface area contributed by atoms with Crippen molar-refractivity contribution in [1.29, 1.82) is 0 Å². The Morgan fingerprint density at radius 3 is 2.62 bits per heavy atom. The van der Waals surface area contributed by atoms with Gasteiger partial charge in [-0.05, 0) is 31.2 Å². The van der Waals surface area contributed by atoms with E-state index in [4.69, 9.17) is 4.74 Å². The first-order valence-electron chi connectivity index (χ1n) is 7.56. The molecular formula is C18H16N4O2. The second-order valence-electron chi connectivity index (χ2n) is 5.71. The predicted octanol–water partition coefficient (Wildman–Crippen LogP) is 2.59. The molecule has 0 aliphatic carbocycles. The lowest BCUT2D eigenvalue weighted by Gasteiger charge is -2.11. The van der Waals surface area contributed by atoms with Crippen LogP contribution in [0.1, 0.15) is 5.69 Å². The molecular weight excluding hydrogens is 304 g/mol. The Bertz CT molecular complexity index is 1120. The van der Waals surface area contributed by atoms with Gasteiger partial charge in [0, 0.05) is 30.0 Å². The van der Waals surface area contributed by atoms with Crippen LogP contribution in [0.5, 0.6) is 5.75 Å². The summed E-state index contributed by atoms with van der Waals surface area (Å²) in [6.07, 6.45) is 5.13. The van der Waals surface area contributed by atoms with Gasteiger partial charge in [0.1, 0.15) is 17.6 Å². The van der Waals surface area contributed by atoms with Crippen molar-refractivity contribution in [2.75, 3.05) is 7.11 Å². The summed E-state index contributed by atoms with van der Waals surface area (Å²) in [5.74, 6) is 0.740. The van der Waals surface area contributed by atoms with Crippen molar-refractivity contribution in [2.45, 2.75) is 6.92 Å². The Balaban J connectivity index is 2.18. The van der Waals surface area contributed by atoms with E-state index in [1.165, 1.54) is 6.33 Å². The Kier molecular flexibility index (Phi) is 3.13. The highest BCUT2D eigenvalue weighted by atomic mass is 16.5. The van der Waals surface area contributed by atoms with Crippen molar-refractivity contribution < 1.29 is 4.74 Å². The van der Waals surface area contributed by atoms with Crippen LogP contribution in [0.15, 0.2) is 47.8 Å².